The molecule has 0 radical (unpaired) electrons. The second kappa shape index (κ2) is 7.46. The Bertz CT molecular complexity index is 1040. The fraction of sp³-hybridized carbons (Fsp3) is 0.286. The molecule has 1 aliphatic rings. The van der Waals surface area contributed by atoms with Crippen molar-refractivity contribution < 1.29 is 13.9 Å². The summed E-state index contributed by atoms with van der Waals surface area (Å²) in [5.74, 6) is 1.38. The first-order chi connectivity index (χ1) is 13.1. The summed E-state index contributed by atoms with van der Waals surface area (Å²) in [5, 5.41) is 0.578. The first-order valence-electron chi connectivity index (χ1n) is 8.78. The molecular weight excluding hydrogens is 410 g/mol. The third kappa shape index (κ3) is 3.40. The molecule has 0 spiro atoms. The number of halogens is 1. The normalized spacial score (nSPS) is 14.2. The number of fused-ring (bicyclic) bond motifs is 3. The summed E-state index contributed by atoms with van der Waals surface area (Å²) < 4.78 is 18.1. The van der Waals surface area contributed by atoms with Gasteiger partial charge in [-0.3, -0.25) is 9.69 Å². The van der Waals surface area contributed by atoms with Crippen LogP contribution in [0, 0.1) is 6.92 Å². The van der Waals surface area contributed by atoms with Crippen LogP contribution in [0.15, 0.2) is 50.1 Å². The molecule has 0 saturated heterocycles. The highest BCUT2D eigenvalue weighted by atomic mass is 79.9. The lowest BCUT2D eigenvalue weighted by Gasteiger charge is -2.29. The van der Waals surface area contributed by atoms with E-state index >= 15 is 0 Å². The molecule has 0 bridgehead atoms. The Kier molecular flexibility index (Phi) is 5.04. The van der Waals surface area contributed by atoms with Crippen LogP contribution >= 0.6 is 15.9 Å². The van der Waals surface area contributed by atoms with Gasteiger partial charge in [-0.05, 0) is 36.8 Å². The van der Waals surface area contributed by atoms with E-state index in [1.165, 1.54) is 0 Å². The molecule has 1 aromatic heterocycles. The van der Waals surface area contributed by atoms with Gasteiger partial charge in [0, 0.05) is 24.7 Å². The molecule has 2 heterocycles. The molecule has 0 saturated carbocycles. The lowest BCUT2D eigenvalue weighted by molar-refractivity contribution is 0.0658. The van der Waals surface area contributed by atoms with Crippen molar-refractivity contribution in [3.8, 4) is 16.9 Å². The zero-order valence-corrected chi connectivity index (χ0v) is 16.8. The number of methoxy groups -OCH3 is 1. The Hall–Kier alpha value is -2.15. The van der Waals surface area contributed by atoms with Crippen LogP contribution in [0.2, 0.25) is 0 Å². The second-order valence-corrected chi connectivity index (χ2v) is 7.52. The average molecular weight is 430 g/mol. The van der Waals surface area contributed by atoms with Gasteiger partial charge < -0.3 is 13.9 Å². The van der Waals surface area contributed by atoms with Gasteiger partial charge in [0.25, 0.3) is 0 Å². The maximum absolute atomic E-state index is 13.2. The first-order valence-corrected chi connectivity index (χ1v) is 9.57. The van der Waals surface area contributed by atoms with Crippen LogP contribution < -0.4 is 10.2 Å². The quantitative estimate of drug-likeness (QED) is 0.617. The van der Waals surface area contributed by atoms with E-state index in [0.717, 1.165) is 27.9 Å². The predicted molar refractivity (Wildman–Crippen MR) is 108 cm³/mol. The van der Waals surface area contributed by atoms with Crippen molar-refractivity contribution in [1.82, 2.24) is 4.90 Å². The molecule has 0 atom stereocenters. The zero-order chi connectivity index (χ0) is 19.0. The minimum atomic E-state index is -0.0205. The number of nitrogens with zero attached hydrogens (tertiary/aromatic N) is 1. The number of benzene rings is 2. The van der Waals surface area contributed by atoms with Crippen LogP contribution in [-0.4, -0.2) is 31.9 Å². The highest BCUT2D eigenvalue weighted by Crippen LogP contribution is 2.33. The van der Waals surface area contributed by atoms with Crippen LogP contribution in [-0.2, 0) is 11.3 Å². The van der Waals surface area contributed by atoms with Crippen molar-refractivity contribution in [3.63, 3.8) is 0 Å². The lowest BCUT2D eigenvalue weighted by atomic mass is 10.0. The summed E-state index contributed by atoms with van der Waals surface area (Å²) in [6.45, 7) is 4.38. The van der Waals surface area contributed by atoms with Gasteiger partial charge in [0.1, 0.15) is 23.8 Å². The summed E-state index contributed by atoms with van der Waals surface area (Å²) in [6.07, 6.45) is 0. The topological polar surface area (TPSA) is 51.9 Å². The Morgan fingerprint density at radius 2 is 1.96 bits per heavy atom. The number of ether oxygens (including phenoxy) is 2. The van der Waals surface area contributed by atoms with Crippen molar-refractivity contribution in [3.05, 3.63) is 62.4 Å². The van der Waals surface area contributed by atoms with E-state index in [2.05, 4.69) is 20.8 Å². The smallest absolute Gasteiger partial charge is 0.200 e. The molecule has 2 aromatic carbocycles. The van der Waals surface area contributed by atoms with Crippen LogP contribution in [0.5, 0.6) is 5.75 Å². The molecule has 3 aromatic rings. The molecule has 0 amide bonds. The fourth-order valence-corrected chi connectivity index (χ4v) is 3.70. The Morgan fingerprint density at radius 3 is 2.70 bits per heavy atom. The molecular formula is C21H20BrNO4. The minimum Gasteiger partial charge on any atom is -0.478 e. The maximum Gasteiger partial charge on any atom is 0.200 e. The average Bonchev–Trinajstić information content (AvgIpc) is 2.67. The van der Waals surface area contributed by atoms with Crippen LogP contribution in [0.3, 0.4) is 0 Å². The molecule has 0 fully saturated rings. The Morgan fingerprint density at radius 1 is 1.19 bits per heavy atom. The number of aryl methyl sites for hydroxylation is 1. The highest BCUT2D eigenvalue weighted by molar-refractivity contribution is 9.10. The predicted octanol–water partition coefficient (Wildman–Crippen LogP) is 4.33. The maximum atomic E-state index is 13.2. The lowest BCUT2D eigenvalue weighted by Crippen LogP contribution is -2.34. The van der Waals surface area contributed by atoms with Gasteiger partial charge in [-0.15, -0.1) is 0 Å². The molecule has 0 aliphatic carbocycles. The van der Waals surface area contributed by atoms with Crippen molar-refractivity contribution in [2.75, 3.05) is 27.0 Å². The van der Waals surface area contributed by atoms with Gasteiger partial charge in [0.15, 0.2) is 0 Å². The summed E-state index contributed by atoms with van der Waals surface area (Å²) in [4.78, 5) is 15.4. The van der Waals surface area contributed by atoms with E-state index in [1.807, 2.05) is 37.3 Å². The molecule has 4 rings (SSSR count). The van der Waals surface area contributed by atoms with Crippen molar-refractivity contribution in [1.29, 1.82) is 0 Å². The second-order valence-electron chi connectivity index (χ2n) is 6.61. The Labute approximate surface area is 165 Å². The molecule has 1 aliphatic heterocycles. The molecule has 0 unspecified atom stereocenters. The van der Waals surface area contributed by atoms with Gasteiger partial charge in [-0.1, -0.05) is 28.1 Å². The monoisotopic (exact) mass is 429 g/mol. The summed E-state index contributed by atoms with van der Waals surface area (Å²) in [5.41, 5.74) is 2.95. The molecule has 0 N–H and O–H groups in total. The standard InChI is InChI=1S/C21H20BrNO4/c1-13-19(14-3-5-15(22)6-4-14)20(24)16-7-8-18-17(21(16)27-13)11-23(12-26-18)9-10-25-2/h3-8H,9-12H2,1-2H3. The van der Waals surface area contributed by atoms with E-state index in [1.54, 1.807) is 13.2 Å². The van der Waals surface area contributed by atoms with Crippen molar-refractivity contribution in [2.45, 2.75) is 13.5 Å². The number of hydrogen-bond acceptors (Lipinski definition) is 5. The first kappa shape index (κ1) is 18.2. The third-order valence-corrected chi connectivity index (χ3v) is 5.35. The highest BCUT2D eigenvalue weighted by Gasteiger charge is 2.23. The van der Waals surface area contributed by atoms with Crippen LogP contribution in [0.4, 0.5) is 0 Å². The van der Waals surface area contributed by atoms with Crippen molar-refractivity contribution in [2.24, 2.45) is 0 Å². The van der Waals surface area contributed by atoms with E-state index in [4.69, 9.17) is 13.9 Å². The van der Waals surface area contributed by atoms with Gasteiger partial charge in [0.05, 0.1) is 23.1 Å². The fourth-order valence-electron chi connectivity index (χ4n) is 3.43. The van der Waals surface area contributed by atoms with Gasteiger partial charge in [0.2, 0.25) is 5.43 Å². The van der Waals surface area contributed by atoms with Gasteiger partial charge in [-0.2, -0.15) is 0 Å². The summed E-state index contributed by atoms with van der Waals surface area (Å²) in [6, 6.07) is 11.3. The minimum absolute atomic E-state index is 0.0205. The SMILES string of the molecule is COCCN1COc2ccc3c(=O)c(-c4ccc(Br)cc4)c(C)oc3c2C1. The van der Waals surface area contributed by atoms with E-state index in [9.17, 15) is 4.79 Å². The molecule has 27 heavy (non-hydrogen) atoms. The zero-order valence-electron chi connectivity index (χ0n) is 15.3. The Balaban J connectivity index is 1.84. The van der Waals surface area contributed by atoms with E-state index in [0.29, 0.717) is 42.2 Å². The third-order valence-electron chi connectivity index (χ3n) is 4.83. The van der Waals surface area contributed by atoms with Gasteiger partial charge >= 0.3 is 0 Å². The molecule has 6 heteroatoms. The van der Waals surface area contributed by atoms with Crippen LogP contribution in [0.1, 0.15) is 11.3 Å². The van der Waals surface area contributed by atoms with E-state index < -0.39 is 0 Å². The van der Waals surface area contributed by atoms with Crippen molar-refractivity contribution >= 4 is 26.9 Å². The van der Waals surface area contributed by atoms with Gasteiger partial charge in [-0.25, -0.2) is 0 Å². The summed E-state index contributed by atoms with van der Waals surface area (Å²) >= 11 is 3.43. The molecule has 5 nitrogen and oxygen atoms in total. The number of hydrogen-bond donors (Lipinski definition) is 0. The number of rotatable bonds is 4. The van der Waals surface area contributed by atoms with E-state index in [-0.39, 0.29) is 5.43 Å². The molecule has 140 valence electrons. The largest absolute Gasteiger partial charge is 0.478 e. The summed E-state index contributed by atoms with van der Waals surface area (Å²) in [7, 11) is 1.68. The van der Waals surface area contributed by atoms with Crippen LogP contribution in [0.25, 0.3) is 22.1 Å².